The van der Waals surface area contributed by atoms with E-state index in [2.05, 4.69) is 10.6 Å². The molecule has 2 aromatic carbocycles. The highest BCUT2D eigenvalue weighted by molar-refractivity contribution is 7.80. The average molecular weight is 264 g/mol. The quantitative estimate of drug-likeness (QED) is 0.807. The molecule has 0 spiro atoms. The van der Waals surface area contributed by atoms with Crippen molar-refractivity contribution in [2.75, 3.05) is 10.6 Å². The molecule has 0 bridgehead atoms. The Morgan fingerprint density at radius 3 is 2.17 bits per heavy atom. The summed E-state index contributed by atoms with van der Waals surface area (Å²) in [5.41, 5.74) is 1.21. The maximum atomic E-state index is 12.9. The van der Waals surface area contributed by atoms with Gasteiger partial charge in [-0.15, -0.1) is 0 Å². The van der Waals surface area contributed by atoms with Crippen LogP contribution in [0.1, 0.15) is 0 Å². The number of rotatable bonds is 2. The fourth-order valence-corrected chi connectivity index (χ4v) is 1.63. The standard InChI is InChI=1S/C13H10F2N2S/c14-9-4-6-11(7-5-9)16-13(18)17-12-3-1-2-10(15)8-12/h1-8H,(H2,16,17,18). The second kappa shape index (κ2) is 5.55. The number of nitrogens with one attached hydrogen (secondary N) is 2. The number of benzene rings is 2. The fourth-order valence-electron chi connectivity index (χ4n) is 1.39. The van der Waals surface area contributed by atoms with Crippen LogP contribution in [0.2, 0.25) is 0 Å². The summed E-state index contributed by atoms with van der Waals surface area (Å²) in [5, 5.41) is 6.01. The van der Waals surface area contributed by atoms with Crippen molar-refractivity contribution in [2.45, 2.75) is 0 Å². The highest BCUT2D eigenvalue weighted by Gasteiger charge is 2.00. The van der Waals surface area contributed by atoms with Crippen molar-refractivity contribution in [1.29, 1.82) is 0 Å². The van der Waals surface area contributed by atoms with Gasteiger partial charge in [0.25, 0.3) is 0 Å². The number of hydrogen-bond acceptors (Lipinski definition) is 1. The van der Waals surface area contributed by atoms with Crippen molar-refractivity contribution >= 4 is 28.7 Å². The number of anilines is 2. The van der Waals surface area contributed by atoms with Gasteiger partial charge in [0.05, 0.1) is 0 Å². The van der Waals surface area contributed by atoms with Gasteiger partial charge in [-0.2, -0.15) is 0 Å². The van der Waals surface area contributed by atoms with Crippen LogP contribution in [0.5, 0.6) is 0 Å². The Hall–Kier alpha value is -2.01. The number of hydrogen-bond donors (Lipinski definition) is 2. The summed E-state index contributed by atoms with van der Waals surface area (Å²) < 4.78 is 25.6. The molecule has 2 aromatic rings. The topological polar surface area (TPSA) is 24.1 Å². The van der Waals surface area contributed by atoms with Crippen molar-refractivity contribution in [3.63, 3.8) is 0 Å². The van der Waals surface area contributed by atoms with E-state index in [1.54, 1.807) is 24.3 Å². The maximum Gasteiger partial charge on any atom is 0.175 e. The summed E-state index contributed by atoms with van der Waals surface area (Å²) in [6, 6.07) is 11.7. The maximum absolute atomic E-state index is 12.9. The summed E-state index contributed by atoms with van der Waals surface area (Å²) >= 11 is 5.06. The van der Waals surface area contributed by atoms with Gasteiger partial charge in [0.2, 0.25) is 0 Å². The molecule has 0 fully saturated rings. The molecule has 5 heteroatoms. The minimum absolute atomic E-state index is 0.312. The lowest BCUT2D eigenvalue weighted by Crippen LogP contribution is -2.19. The van der Waals surface area contributed by atoms with E-state index in [-0.39, 0.29) is 11.6 Å². The van der Waals surface area contributed by atoms with Crippen LogP contribution in [0.4, 0.5) is 20.2 Å². The second-order valence-corrected chi connectivity index (χ2v) is 4.00. The first-order valence-corrected chi connectivity index (χ1v) is 5.63. The van der Waals surface area contributed by atoms with E-state index in [1.165, 1.54) is 24.3 Å². The van der Waals surface area contributed by atoms with Gasteiger partial charge in [-0.3, -0.25) is 0 Å². The monoisotopic (exact) mass is 264 g/mol. The van der Waals surface area contributed by atoms with Gasteiger partial charge in [0.15, 0.2) is 5.11 Å². The highest BCUT2D eigenvalue weighted by atomic mass is 32.1. The van der Waals surface area contributed by atoms with Crippen molar-refractivity contribution in [3.8, 4) is 0 Å². The molecule has 18 heavy (non-hydrogen) atoms. The van der Waals surface area contributed by atoms with E-state index in [1.807, 2.05) is 0 Å². The zero-order chi connectivity index (χ0) is 13.0. The Kier molecular flexibility index (Phi) is 3.84. The van der Waals surface area contributed by atoms with Gasteiger partial charge in [-0.1, -0.05) is 6.07 Å². The van der Waals surface area contributed by atoms with Gasteiger partial charge in [0.1, 0.15) is 11.6 Å². The molecule has 0 atom stereocenters. The van der Waals surface area contributed by atoms with Gasteiger partial charge in [-0.25, -0.2) is 8.78 Å². The molecule has 0 saturated heterocycles. The molecule has 0 aromatic heterocycles. The molecule has 0 heterocycles. The molecule has 2 nitrogen and oxygen atoms in total. The molecule has 0 radical (unpaired) electrons. The Balaban J connectivity index is 1.98. The largest absolute Gasteiger partial charge is 0.332 e. The van der Waals surface area contributed by atoms with Crippen LogP contribution in [-0.2, 0) is 0 Å². The van der Waals surface area contributed by atoms with Crippen molar-refractivity contribution in [2.24, 2.45) is 0 Å². The highest BCUT2D eigenvalue weighted by Crippen LogP contribution is 2.11. The molecule has 0 aliphatic heterocycles. The Morgan fingerprint density at radius 1 is 0.833 bits per heavy atom. The lowest BCUT2D eigenvalue weighted by molar-refractivity contribution is 0.628. The first kappa shape index (κ1) is 12.4. The predicted octanol–water partition coefficient (Wildman–Crippen LogP) is 3.77. The van der Waals surface area contributed by atoms with Crippen molar-refractivity contribution in [3.05, 3.63) is 60.2 Å². The van der Waals surface area contributed by atoms with Gasteiger partial charge in [0, 0.05) is 11.4 Å². The van der Waals surface area contributed by atoms with E-state index in [4.69, 9.17) is 12.2 Å². The Bertz CT molecular complexity index is 555. The molecule has 2 N–H and O–H groups in total. The zero-order valence-corrected chi connectivity index (χ0v) is 10.1. The van der Waals surface area contributed by atoms with Gasteiger partial charge < -0.3 is 10.6 Å². The molecule has 2 rings (SSSR count). The van der Waals surface area contributed by atoms with Crippen LogP contribution >= 0.6 is 12.2 Å². The van der Waals surface area contributed by atoms with Crippen LogP contribution in [0.3, 0.4) is 0 Å². The molecule has 0 saturated carbocycles. The minimum Gasteiger partial charge on any atom is -0.332 e. The summed E-state index contributed by atoms with van der Waals surface area (Å²) in [6.45, 7) is 0. The summed E-state index contributed by atoms with van der Waals surface area (Å²) in [6.07, 6.45) is 0. The zero-order valence-electron chi connectivity index (χ0n) is 9.28. The Morgan fingerprint density at radius 2 is 1.50 bits per heavy atom. The molecule has 0 aliphatic rings. The van der Waals surface area contributed by atoms with Crippen LogP contribution in [-0.4, -0.2) is 5.11 Å². The summed E-state index contributed by atoms with van der Waals surface area (Å²) in [5.74, 6) is -0.658. The van der Waals surface area contributed by atoms with Crippen molar-refractivity contribution < 1.29 is 8.78 Å². The lowest BCUT2D eigenvalue weighted by Gasteiger charge is -2.10. The number of thiocarbonyl (C=S) groups is 1. The molecular weight excluding hydrogens is 254 g/mol. The predicted molar refractivity (Wildman–Crippen MR) is 72.6 cm³/mol. The van der Waals surface area contributed by atoms with E-state index in [0.29, 0.717) is 16.5 Å². The molecular formula is C13H10F2N2S. The first-order chi connectivity index (χ1) is 8.63. The van der Waals surface area contributed by atoms with Crippen LogP contribution < -0.4 is 10.6 Å². The fraction of sp³-hybridized carbons (Fsp3) is 0. The van der Waals surface area contributed by atoms with Gasteiger partial charge in [-0.05, 0) is 54.7 Å². The molecule has 0 amide bonds. The second-order valence-electron chi connectivity index (χ2n) is 3.60. The SMILES string of the molecule is Fc1ccc(NC(=S)Nc2cccc(F)c2)cc1. The molecule has 92 valence electrons. The first-order valence-electron chi connectivity index (χ1n) is 5.22. The van der Waals surface area contributed by atoms with E-state index in [0.717, 1.165) is 0 Å². The van der Waals surface area contributed by atoms with E-state index in [9.17, 15) is 8.78 Å². The van der Waals surface area contributed by atoms with Crippen LogP contribution in [0, 0.1) is 11.6 Å². The molecule has 0 aliphatic carbocycles. The van der Waals surface area contributed by atoms with Crippen LogP contribution in [0.25, 0.3) is 0 Å². The van der Waals surface area contributed by atoms with Gasteiger partial charge >= 0.3 is 0 Å². The van der Waals surface area contributed by atoms with E-state index < -0.39 is 0 Å². The van der Waals surface area contributed by atoms with E-state index >= 15 is 0 Å². The third kappa shape index (κ3) is 3.49. The third-order valence-electron chi connectivity index (χ3n) is 2.18. The summed E-state index contributed by atoms with van der Waals surface area (Å²) in [4.78, 5) is 0. The smallest absolute Gasteiger partial charge is 0.175 e. The number of halogens is 2. The Labute approximate surface area is 109 Å². The third-order valence-corrected chi connectivity index (χ3v) is 2.39. The molecule has 0 unspecified atom stereocenters. The normalized spacial score (nSPS) is 9.89. The average Bonchev–Trinajstić information content (AvgIpc) is 2.32. The van der Waals surface area contributed by atoms with Crippen LogP contribution in [0.15, 0.2) is 48.5 Å². The summed E-state index contributed by atoms with van der Waals surface area (Å²) in [7, 11) is 0. The minimum atomic E-state index is -0.343. The lowest BCUT2D eigenvalue weighted by atomic mass is 10.3. The van der Waals surface area contributed by atoms with Crippen molar-refractivity contribution in [1.82, 2.24) is 0 Å².